The average molecular weight is 739 g/mol. The van der Waals surface area contributed by atoms with E-state index in [1.165, 1.54) is 84.3 Å². The highest BCUT2D eigenvalue weighted by Crippen LogP contribution is 2.53. The molecule has 12 rings (SSSR count). The Hall–Kier alpha value is -5.91. The van der Waals surface area contributed by atoms with Crippen LogP contribution in [0.5, 0.6) is 0 Å². The third-order valence-corrected chi connectivity index (χ3v) is 14.1. The first-order valence-electron chi connectivity index (χ1n) is 20.0. The van der Waals surface area contributed by atoms with Crippen LogP contribution in [-0.2, 0) is 5.41 Å². The number of benzene rings is 7. The van der Waals surface area contributed by atoms with E-state index in [9.17, 15) is 0 Å². The molecule has 4 heterocycles. The summed E-state index contributed by atoms with van der Waals surface area (Å²) in [4.78, 5) is 7.77. The van der Waals surface area contributed by atoms with Crippen LogP contribution >= 0.6 is 11.8 Å². The van der Waals surface area contributed by atoms with Gasteiger partial charge in [-0.1, -0.05) is 128 Å². The summed E-state index contributed by atoms with van der Waals surface area (Å²) in [6.07, 6.45) is 4.75. The maximum Gasteiger partial charge on any atom is 0.249 e. The molecule has 0 saturated carbocycles. The molecule has 1 aromatic heterocycles. The monoisotopic (exact) mass is 738 g/mol. The van der Waals surface area contributed by atoms with Crippen LogP contribution in [0.1, 0.15) is 45.1 Å². The summed E-state index contributed by atoms with van der Waals surface area (Å²) < 4.78 is 6.57. The van der Waals surface area contributed by atoms with Gasteiger partial charge in [-0.15, -0.1) is 0 Å². The van der Waals surface area contributed by atoms with E-state index in [1.807, 2.05) is 11.8 Å². The smallest absolute Gasteiger partial charge is 0.249 e. The lowest BCUT2D eigenvalue weighted by Crippen LogP contribution is -2.59. The van der Waals surface area contributed by atoms with Crippen molar-refractivity contribution in [1.82, 2.24) is 0 Å². The quantitative estimate of drug-likeness (QED) is 0.168. The van der Waals surface area contributed by atoms with Crippen molar-refractivity contribution in [2.75, 3.05) is 9.80 Å². The van der Waals surface area contributed by atoms with Crippen molar-refractivity contribution in [3.05, 3.63) is 168 Å². The Morgan fingerprint density at radius 2 is 1.38 bits per heavy atom. The van der Waals surface area contributed by atoms with Crippen LogP contribution in [-0.4, -0.2) is 6.71 Å². The number of hydrogen-bond donors (Lipinski definition) is 0. The molecule has 4 aliphatic rings. The maximum atomic E-state index is 6.57. The van der Waals surface area contributed by atoms with Crippen LogP contribution in [0.3, 0.4) is 0 Å². The highest BCUT2D eigenvalue weighted by Gasteiger charge is 2.43. The molecule has 7 aromatic carbocycles. The number of furan rings is 1. The molecule has 0 atom stereocenters. The molecule has 3 aliphatic heterocycles. The van der Waals surface area contributed by atoms with Crippen molar-refractivity contribution in [3.63, 3.8) is 0 Å². The van der Waals surface area contributed by atoms with Gasteiger partial charge in [0.25, 0.3) is 0 Å². The van der Waals surface area contributed by atoms with E-state index < -0.39 is 0 Å². The zero-order valence-corrected chi connectivity index (χ0v) is 32.4. The number of anilines is 5. The van der Waals surface area contributed by atoms with Gasteiger partial charge in [-0.25, -0.2) is 0 Å². The van der Waals surface area contributed by atoms with Crippen LogP contribution in [0, 0.1) is 0 Å². The summed E-state index contributed by atoms with van der Waals surface area (Å²) in [7, 11) is 0. The van der Waals surface area contributed by atoms with Gasteiger partial charge in [0.1, 0.15) is 11.2 Å². The summed E-state index contributed by atoms with van der Waals surface area (Å²) in [6.45, 7) is 4.95. The summed E-state index contributed by atoms with van der Waals surface area (Å²) in [6, 6.07) is 56.3. The number of fused-ring (bicyclic) bond motifs is 8. The number of rotatable bonds is 3. The van der Waals surface area contributed by atoms with E-state index in [4.69, 9.17) is 4.42 Å². The van der Waals surface area contributed by atoms with E-state index in [0.717, 1.165) is 40.3 Å². The van der Waals surface area contributed by atoms with Gasteiger partial charge < -0.3 is 14.2 Å². The highest BCUT2D eigenvalue weighted by molar-refractivity contribution is 8.00. The third kappa shape index (κ3) is 4.55. The summed E-state index contributed by atoms with van der Waals surface area (Å²) >= 11 is 1.90. The second kappa shape index (κ2) is 12.0. The number of allylic oxidation sites excluding steroid dienone is 2. The van der Waals surface area contributed by atoms with Crippen molar-refractivity contribution in [1.29, 1.82) is 0 Å². The second-order valence-corrected chi connectivity index (χ2v) is 17.4. The molecule has 0 N–H and O–H groups in total. The molecule has 56 heavy (non-hydrogen) atoms. The van der Waals surface area contributed by atoms with E-state index in [-0.39, 0.29) is 12.1 Å². The largest absolute Gasteiger partial charge is 0.455 e. The molecular weight excluding hydrogens is 699 g/mol. The van der Waals surface area contributed by atoms with Gasteiger partial charge in [-0.2, -0.15) is 0 Å². The minimum Gasteiger partial charge on any atom is -0.455 e. The fourth-order valence-corrected chi connectivity index (χ4v) is 11.6. The van der Waals surface area contributed by atoms with Crippen LogP contribution in [0.4, 0.5) is 28.4 Å². The number of para-hydroxylation sites is 4. The van der Waals surface area contributed by atoms with Crippen LogP contribution in [0.25, 0.3) is 33.1 Å². The predicted molar refractivity (Wildman–Crippen MR) is 236 cm³/mol. The Morgan fingerprint density at radius 3 is 2.30 bits per heavy atom. The molecular formula is C51H39BN2OS. The Labute approximate surface area is 332 Å². The standard InChI is InChI=1S/C51H39BN2OS/c1-51(2)38-19-7-9-21-42(38)54(43-22-10-8-20-39(43)51)34-27-28-40-45(31-34)53(33-14-4-3-5-15-33)44-23-13-25-48-49(44)52(40)41-30-32(26-29-47(41)56-48)35-17-12-18-37-36-16-6-11-24-46(36)55-50(35)37/h3-7,9,11-19,21,23-31H,8,10,20,22H2,1-2H3. The van der Waals surface area contributed by atoms with Gasteiger partial charge in [0.2, 0.25) is 6.71 Å². The first-order chi connectivity index (χ1) is 27.5. The summed E-state index contributed by atoms with van der Waals surface area (Å²) in [5.41, 5.74) is 19.0. The van der Waals surface area contributed by atoms with Crippen LogP contribution in [0.2, 0.25) is 0 Å². The van der Waals surface area contributed by atoms with E-state index >= 15 is 0 Å². The van der Waals surface area contributed by atoms with Crippen LogP contribution in [0.15, 0.2) is 177 Å². The van der Waals surface area contributed by atoms with Gasteiger partial charge in [-0.05, 0) is 108 Å². The SMILES string of the molecule is CC1(C)C2=C(CCCC2)N(c2ccc3c(c2)N(c2ccccc2)c2cccc4c2B3c2cc(-c3cccc5c3oc3ccccc35)ccc2S4)c2ccccc21. The van der Waals surface area contributed by atoms with Gasteiger partial charge in [0.05, 0.1) is 0 Å². The molecule has 268 valence electrons. The fourth-order valence-electron chi connectivity index (χ4n) is 10.4. The van der Waals surface area contributed by atoms with Crippen molar-refractivity contribution < 1.29 is 4.42 Å². The highest BCUT2D eigenvalue weighted by atomic mass is 32.2. The fraction of sp³-hybridized carbons (Fsp3) is 0.137. The molecule has 0 unspecified atom stereocenters. The summed E-state index contributed by atoms with van der Waals surface area (Å²) in [5, 5.41) is 2.32. The van der Waals surface area contributed by atoms with Crippen molar-refractivity contribution in [3.8, 4) is 11.1 Å². The molecule has 5 heteroatoms. The Morgan fingerprint density at radius 1 is 0.589 bits per heavy atom. The van der Waals surface area contributed by atoms with Crippen LogP contribution < -0.4 is 26.2 Å². The Bertz CT molecular complexity index is 2960. The van der Waals surface area contributed by atoms with E-state index in [1.54, 1.807) is 5.57 Å². The van der Waals surface area contributed by atoms with Gasteiger partial charge in [-0.3, -0.25) is 0 Å². The third-order valence-electron chi connectivity index (χ3n) is 12.9. The zero-order chi connectivity index (χ0) is 37.1. The van der Waals surface area contributed by atoms with Gasteiger partial charge in [0.15, 0.2) is 0 Å². The molecule has 0 spiro atoms. The minimum atomic E-state index is 0.0103. The van der Waals surface area contributed by atoms with Gasteiger partial charge >= 0.3 is 0 Å². The zero-order valence-electron chi connectivity index (χ0n) is 31.6. The molecule has 0 saturated heterocycles. The second-order valence-electron chi connectivity index (χ2n) is 16.3. The lowest BCUT2D eigenvalue weighted by molar-refractivity contribution is 0.517. The average Bonchev–Trinajstić information content (AvgIpc) is 3.63. The lowest BCUT2D eigenvalue weighted by atomic mass is 9.34. The van der Waals surface area contributed by atoms with Gasteiger partial charge in [0, 0.05) is 65.7 Å². The van der Waals surface area contributed by atoms with E-state index in [0.29, 0.717) is 0 Å². The molecule has 8 aromatic rings. The molecule has 0 amide bonds. The maximum absolute atomic E-state index is 6.57. The summed E-state index contributed by atoms with van der Waals surface area (Å²) in [5.74, 6) is 0. The van der Waals surface area contributed by atoms with E-state index in [2.05, 4.69) is 175 Å². The Balaban J connectivity index is 1.09. The van der Waals surface area contributed by atoms with Crippen molar-refractivity contribution in [2.45, 2.75) is 54.7 Å². The number of hydrogen-bond acceptors (Lipinski definition) is 4. The van der Waals surface area contributed by atoms with Crippen molar-refractivity contribution >= 4 is 85.2 Å². The predicted octanol–water partition coefficient (Wildman–Crippen LogP) is 12.3. The molecule has 0 fully saturated rings. The first kappa shape index (κ1) is 32.3. The minimum absolute atomic E-state index is 0.0103. The number of nitrogens with zero attached hydrogens (tertiary/aromatic N) is 2. The lowest BCUT2D eigenvalue weighted by Gasteiger charge is -2.46. The molecule has 0 radical (unpaired) electrons. The normalized spacial score (nSPS) is 16.4. The molecule has 0 bridgehead atoms. The molecule has 3 nitrogen and oxygen atoms in total. The van der Waals surface area contributed by atoms with Crippen molar-refractivity contribution in [2.24, 2.45) is 0 Å². The molecule has 1 aliphatic carbocycles. The topological polar surface area (TPSA) is 19.6 Å². The first-order valence-corrected chi connectivity index (χ1v) is 20.8. The Kier molecular flexibility index (Phi) is 6.96.